The summed E-state index contributed by atoms with van der Waals surface area (Å²) in [5.74, 6) is 2.16. The number of rotatable bonds is 6. The van der Waals surface area contributed by atoms with Gasteiger partial charge in [-0.05, 0) is 110 Å². The zero-order valence-corrected chi connectivity index (χ0v) is 30.4. The topological polar surface area (TPSA) is 51.6 Å². The van der Waals surface area contributed by atoms with E-state index in [9.17, 15) is 0 Å². The molecule has 0 spiro atoms. The molecule has 5 aromatic carbocycles. The Labute approximate surface area is 321 Å². The number of nitrogens with zero attached hydrogens (tertiary/aromatic N) is 4. The molecule has 3 aliphatic carbocycles. The monoisotopic (exact) mass is 706 g/mol. The Kier molecular flexibility index (Phi) is 8.49. The number of allylic oxidation sites excluding steroid dienone is 10. The molecule has 0 bridgehead atoms. The van der Waals surface area contributed by atoms with Crippen molar-refractivity contribution in [3.8, 4) is 22.8 Å². The van der Waals surface area contributed by atoms with Crippen LogP contribution in [0.5, 0.6) is 0 Å². The Hall–Kier alpha value is -6.78. The highest BCUT2D eigenvalue weighted by Gasteiger charge is 2.25. The van der Waals surface area contributed by atoms with E-state index in [4.69, 9.17) is 15.0 Å². The van der Waals surface area contributed by atoms with Crippen LogP contribution < -0.4 is 0 Å². The van der Waals surface area contributed by atoms with Gasteiger partial charge in [-0.1, -0.05) is 146 Å². The number of aromatic nitrogens is 4. The van der Waals surface area contributed by atoms with E-state index < -0.39 is 0 Å². The Bertz CT molecular complexity index is 2730. The second-order valence-corrected chi connectivity index (χ2v) is 14.5. The lowest BCUT2D eigenvalue weighted by Gasteiger charge is -2.25. The fourth-order valence-electron chi connectivity index (χ4n) is 8.30. The van der Waals surface area contributed by atoms with Crippen LogP contribution in [0.25, 0.3) is 67.6 Å². The SMILES string of the molecule is C1=Cc2c(c3cc(C4C=C(C5=CCCC(c6cccnc6)=C5)C=C(c5nc(-c6ccccc6)nc(-c6ccccc6)n5)C4)ccc3c3ccccc23)C=CC1. The van der Waals surface area contributed by atoms with Crippen molar-refractivity contribution in [2.45, 2.75) is 31.6 Å². The molecule has 2 heterocycles. The Morgan fingerprint density at radius 2 is 1.16 bits per heavy atom. The van der Waals surface area contributed by atoms with E-state index in [2.05, 4.69) is 126 Å². The maximum Gasteiger partial charge on any atom is 0.164 e. The van der Waals surface area contributed by atoms with Crippen LogP contribution in [0.1, 0.15) is 59.7 Å². The average molecular weight is 707 g/mol. The lowest BCUT2D eigenvalue weighted by atomic mass is 9.80. The average Bonchev–Trinajstić information content (AvgIpc) is 3.54. The van der Waals surface area contributed by atoms with Gasteiger partial charge in [0, 0.05) is 29.4 Å². The van der Waals surface area contributed by atoms with Crippen molar-refractivity contribution in [1.82, 2.24) is 19.9 Å². The molecule has 0 saturated heterocycles. The number of hydrogen-bond acceptors (Lipinski definition) is 4. The van der Waals surface area contributed by atoms with Crippen LogP contribution in [-0.2, 0) is 0 Å². The van der Waals surface area contributed by atoms with Gasteiger partial charge < -0.3 is 0 Å². The first kappa shape index (κ1) is 32.8. The van der Waals surface area contributed by atoms with Gasteiger partial charge in [0.05, 0.1) is 0 Å². The number of fused-ring (bicyclic) bond motifs is 6. The minimum atomic E-state index is 0.0991. The number of hydrogen-bond donors (Lipinski definition) is 0. The van der Waals surface area contributed by atoms with Gasteiger partial charge in [0.25, 0.3) is 0 Å². The van der Waals surface area contributed by atoms with E-state index in [1.807, 2.05) is 54.9 Å². The summed E-state index contributed by atoms with van der Waals surface area (Å²) >= 11 is 0. The maximum absolute atomic E-state index is 5.20. The molecule has 0 aliphatic heterocycles. The van der Waals surface area contributed by atoms with Crippen LogP contribution in [0.2, 0.25) is 0 Å². The fraction of sp³-hybridized carbons (Fsp3) is 0.0980. The highest BCUT2D eigenvalue weighted by atomic mass is 15.0. The van der Waals surface area contributed by atoms with Gasteiger partial charge in [-0.25, -0.2) is 15.0 Å². The lowest BCUT2D eigenvalue weighted by Crippen LogP contribution is -2.10. The predicted octanol–water partition coefficient (Wildman–Crippen LogP) is 12.6. The summed E-state index contributed by atoms with van der Waals surface area (Å²) in [5, 5.41) is 5.15. The van der Waals surface area contributed by atoms with Gasteiger partial charge in [0.1, 0.15) is 0 Å². The summed E-state index contributed by atoms with van der Waals surface area (Å²) in [6, 6.07) is 40.6. The van der Waals surface area contributed by atoms with Crippen molar-refractivity contribution in [3.63, 3.8) is 0 Å². The van der Waals surface area contributed by atoms with Crippen LogP contribution in [-0.4, -0.2) is 19.9 Å². The van der Waals surface area contributed by atoms with Crippen LogP contribution in [0, 0.1) is 0 Å². The molecule has 3 aliphatic rings. The third-order valence-corrected chi connectivity index (χ3v) is 11.0. The van der Waals surface area contributed by atoms with E-state index in [0.717, 1.165) is 42.4 Å². The molecule has 0 saturated carbocycles. The molecule has 55 heavy (non-hydrogen) atoms. The quantitative estimate of drug-likeness (QED) is 0.162. The van der Waals surface area contributed by atoms with Crippen LogP contribution in [0.4, 0.5) is 0 Å². The molecule has 10 rings (SSSR count). The molecule has 2 aromatic heterocycles. The molecule has 1 unspecified atom stereocenters. The summed E-state index contributed by atoms with van der Waals surface area (Å²) in [5.41, 5.74) is 11.8. The first-order valence-corrected chi connectivity index (χ1v) is 19.2. The van der Waals surface area contributed by atoms with E-state index in [1.165, 1.54) is 60.5 Å². The van der Waals surface area contributed by atoms with Gasteiger partial charge in [-0.3, -0.25) is 4.98 Å². The zero-order valence-electron chi connectivity index (χ0n) is 30.4. The molecule has 4 nitrogen and oxygen atoms in total. The van der Waals surface area contributed by atoms with Crippen molar-refractivity contribution in [2.75, 3.05) is 0 Å². The predicted molar refractivity (Wildman–Crippen MR) is 228 cm³/mol. The second kappa shape index (κ2) is 14.2. The highest BCUT2D eigenvalue weighted by molar-refractivity contribution is 6.15. The largest absolute Gasteiger partial charge is 0.264 e. The fourth-order valence-corrected chi connectivity index (χ4v) is 8.30. The summed E-state index contributed by atoms with van der Waals surface area (Å²) in [6.07, 6.45) is 26.1. The van der Waals surface area contributed by atoms with Gasteiger partial charge >= 0.3 is 0 Å². The Morgan fingerprint density at radius 1 is 0.527 bits per heavy atom. The summed E-state index contributed by atoms with van der Waals surface area (Å²) < 4.78 is 0. The van der Waals surface area contributed by atoms with Gasteiger partial charge in [-0.2, -0.15) is 0 Å². The van der Waals surface area contributed by atoms with Crippen molar-refractivity contribution >= 4 is 44.8 Å². The molecular formula is C51H38N4. The third kappa shape index (κ3) is 6.36. The normalized spacial score (nSPS) is 16.5. The van der Waals surface area contributed by atoms with Gasteiger partial charge in [0.2, 0.25) is 0 Å². The number of benzene rings is 5. The molecule has 0 radical (unpaired) electrons. The molecule has 0 N–H and O–H groups in total. The second-order valence-electron chi connectivity index (χ2n) is 14.5. The molecule has 1 atom stereocenters. The Morgan fingerprint density at radius 3 is 1.89 bits per heavy atom. The number of pyridine rings is 1. The minimum absolute atomic E-state index is 0.0991. The van der Waals surface area contributed by atoms with E-state index in [-0.39, 0.29) is 5.92 Å². The molecule has 4 heteroatoms. The van der Waals surface area contributed by atoms with Crippen molar-refractivity contribution in [1.29, 1.82) is 0 Å². The Balaban J connectivity index is 1.15. The molecule has 0 fully saturated rings. The van der Waals surface area contributed by atoms with Crippen LogP contribution in [0.3, 0.4) is 0 Å². The van der Waals surface area contributed by atoms with E-state index >= 15 is 0 Å². The maximum atomic E-state index is 5.20. The highest BCUT2D eigenvalue weighted by Crippen LogP contribution is 2.43. The van der Waals surface area contributed by atoms with Gasteiger partial charge in [-0.15, -0.1) is 0 Å². The van der Waals surface area contributed by atoms with E-state index in [0.29, 0.717) is 17.5 Å². The zero-order chi connectivity index (χ0) is 36.6. The summed E-state index contributed by atoms with van der Waals surface area (Å²) in [7, 11) is 0. The minimum Gasteiger partial charge on any atom is -0.264 e. The van der Waals surface area contributed by atoms with Crippen molar-refractivity contribution in [3.05, 3.63) is 203 Å². The van der Waals surface area contributed by atoms with Crippen molar-refractivity contribution < 1.29 is 0 Å². The summed E-state index contributed by atoms with van der Waals surface area (Å²) in [6.45, 7) is 0. The first-order chi connectivity index (χ1) is 27.2. The third-order valence-electron chi connectivity index (χ3n) is 11.0. The van der Waals surface area contributed by atoms with Crippen LogP contribution >= 0.6 is 0 Å². The smallest absolute Gasteiger partial charge is 0.164 e. The first-order valence-electron chi connectivity index (χ1n) is 19.2. The van der Waals surface area contributed by atoms with Gasteiger partial charge in [0.15, 0.2) is 17.5 Å². The molecular weight excluding hydrogens is 669 g/mol. The van der Waals surface area contributed by atoms with E-state index in [1.54, 1.807) is 0 Å². The van der Waals surface area contributed by atoms with Crippen molar-refractivity contribution in [2.24, 2.45) is 0 Å². The molecule has 0 amide bonds. The molecule has 7 aromatic rings. The summed E-state index contributed by atoms with van der Waals surface area (Å²) in [4.78, 5) is 19.8. The lowest BCUT2D eigenvalue weighted by molar-refractivity contribution is 0.847. The molecule has 262 valence electrons. The van der Waals surface area contributed by atoms with Crippen LogP contribution in [0.15, 0.2) is 175 Å². The standard InChI is InChI=1S/C51H38N4/c1-4-14-34(15-5-1)49-53-50(35-16-6-2-7-17-35)55-51(54-49)42-30-40(37-19-12-18-36(28-37)39-20-13-27-52-33-39)29-41(31-42)38-25-26-47-45-24-11-10-23-43(45)44-21-8-3-9-22-46(44)48(47)32-38/h1-2,4-11,13-17,19-30,32-33,41H,3,12,18,31H2.